The van der Waals surface area contributed by atoms with Crippen molar-refractivity contribution in [2.24, 2.45) is 10.9 Å². The van der Waals surface area contributed by atoms with E-state index in [4.69, 9.17) is 5.84 Å². The van der Waals surface area contributed by atoms with Crippen molar-refractivity contribution in [3.8, 4) is 0 Å². The third-order valence-corrected chi connectivity index (χ3v) is 0.979. The first-order valence-corrected chi connectivity index (χ1v) is 3.27. The Balaban J connectivity index is 3.98. The van der Waals surface area contributed by atoms with Crippen molar-refractivity contribution in [3.63, 3.8) is 0 Å². The van der Waals surface area contributed by atoms with E-state index >= 15 is 0 Å². The molecule has 0 aromatic heterocycles. The maximum atomic E-state index is 5.11. The van der Waals surface area contributed by atoms with Crippen LogP contribution < -0.4 is 11.2 Å². The Morgan fingerprint density at radius 1 is 1.60 bits per heavy atom. The molecule has 3 nitrogen and oxygen atoms in total. The van der Waals surface area contributed by atoms with E-state index in [1.165, 1.54) is 5.57 Å². The summed E-state index contributed by atoms with van der Waals surface area (Å²) in [5.41, 5.74) is 2.09. The maximum absolute atomic E-state index is 5.11. The van der Waals surface area contributed by atoms with Crippen molar-refractivity contribution in [3.05, 3.63) is 11.6 Å². The molecule has 0 aromatic carbocycles. The zero-order valence-corrected chi connectivity index (χ0v) is 6.81. The van der Waals surface area contributed by atoms with Crippen LogP contribution in [0.2, 0.25) is 0 Å². The second-order valence-corrected chi connectivity index (χ2v) is 2.37. The van der Waals surface area contributed by atoms with Crippen molar-refractivity contribution >= 4 is 5.71 Å². The van der Waals surface area contributed by atoms with Crippen molar-refractivity contribution in [1.82, 2.24) is 5.32 Å². The van der Waals surface area contributed by atoms with E-state index in [9.17, 15) is 0 Å². The van der Waals surface area contributed by atoms with Gasteiger partial charge >= 0.3 is 0 Å². The molecule has 58 valence electrons. The Morgan fingerprint density at radius 2 is 2.20 bits per heavy atom. The van der Waals surface area contributed by atoms with Crippen molar-refractivity contribution in [2.45, 2.75) is 13.8 Å². The molecule has 0 bridgehead atoms. The molecule has 0 aliphatic heterocycles. The maximum Gasteiger partial charge on any atom is 0.0737 e. The van der Waals surface area contributed by atoms with Gasteiger partial charge in [0.1, 0.15) is 0 Å². The predicted octanol–water partition coefficient (Wildman–Crippen LogP) is 0.487. The molecule has 0 saturated heterocycles. The largest absolute Gasteiger partial charge is 0.323 e. The lowest BCUT2D eigenvalue weighted by Crippen LogP contribution is -2.18. The minimum atomic E-state index is 0.724. The fourth-order valence-electron chi connectivity index (χ4n) is 0.648. The highest BCUT2D eigenvalue weighted by molar-refractivity contribution is 5.96. The smallest absolute Gasteiger partial charge is 0.0737 e. The van der Waals surface area contributed by atoms with Crippen molar-refractivity contribution in [2.75, 3.05) is 13.6 Å². The number of nitrogens with zero attached hydrogens (tertiary/aromatic N) is 1. The van der Waals surface area contributed by atoms with Gasteiger partial charge in [-0.25, -0.2) is 0 Å². The lowest BCUT2D eigenvalue weighted by Gasteiger charge is -1.97. The van der Waals surface area contributed by atoms with E-state index in [-0.39, 0.29) is 0 Å². The van der Waals surface area contributed by atoms with Crippen LogP contribution in [-0.2, 0) is 0 Å². The highest BCUT2D eigenvalue weighted by Crippen LogP contribution is 1.89. The van der Waals surface area contributed by atoms with Gasteiger partial charge in [-0.3, -0.25) is 0 Å². The van der Waals surface area contributed by atoms with Crippen LogP contribution in [0.25, 0.3) is 0 Å². The second-order valence-electron chi connectivity index (χ2n) is 2.37. The molecule has 0 unspecified atom stereocenters. The predicted molar refractivity (Wildman–Crippen MR) is 45.0 cm³/mol. The number of nitrogens with one attached hydrogen (secondary N) is 1. The summed E-state index contributed by atoms with van der Waals surface area (Å²) in [6, 6.07) is 0. The minimum Gasteiger partial charge on any atom is -0.323 e. The first-order valence-electron chi connectivity index (χ1n) is 3.27. The molecule has 0 rings (SSSR count). The molecule has 0 atom stereocenters. The highest BCUT2D eigenvalue weighted by atomic mass is 15.1. The molecule has 0 fully saturated rings. The Bertz CT molecular complexity index is 143. The van der Waals surface area contributed by atoms with E-state index in [0.29, 0.717) is 0 Å². The summed E-state index contributed by atoms with van der Waals surface area (Å²) in [4.78, 5) is 0. The Hall–Kier alpha value is -0.830. The van der Waals surface area contributed by atoms with Crippen LogP contribution in [0.3, 0.4) is 0 Å². The number of hydrazone groups is 1. The average molecular weight is 141 g/mol. The molecule has 3 N–H and O–H groups in total. The molecule has 0 spiro atoms. The van der Waals surface area contributed by atoms with E-state index in [2.05, 4.69) is 10.4 Å². The quantitative estimate of drug-likeness (QED) is 0.341. The lowest BCUT2D eigenvalue weighted by molar-refractivity contribution is 0.942. The van der Waals surface area contributed by atoms with Crippen LogP contribution in [0.4, 0.5) is 0 Å². The van der Waals surface area contributed by atoms with Crippen LogP contribution in [0.1, 0.15) is 13.8 Å². The van der Waals surface area contributed by atoms with Gasteiger partial charge in [-0.05, 0) is 27.0 Å². The van der Waals surface area contributed by atoms with Gasteiger partial charge in [0.15, 0.2) is 0 Å². The second kappa shape index (κ2) is 4.99. The van der Waals surface area contributed by atoms with Crippen LogP contribution in [-0.4, -0.2) is 19.3 Å². The summed E-state index contributed by atoms with van der Waals surface area (Å²) in [5.74, 6) is 5.11. The Kier molecular flexibility index (Phi) is 4.58. The fourth-order valence-corrected chi connectivity index (χ4v) is 0.648. The van der Waals surface area contributed by atoms with Gasteiger partial charge in [-0.15, -0.1) is 0 Å². The van der Waals surface area contributed by atoms with Gasteiger partial charge in [0, 0.05) is 6.54 Å². The topological polar surface area (TPSA) is 50.4 Å². The standard InChI is InChI=1S/C7H15N3/c1-6(2)4-7(10-8)5-9-3/h4,9H,5,8H2,1-3H3/b10-7+. The fraction of sp³-hybridized carbons (Fsp3) is 0.571. The minimum absolute atomic E-state index is 0.724. The zero-order chi connectivity index (χ0) is 7.98. The molecule has 0 aliphatic carbocycles. The van der Waals surface area contributed by atoms with Gasteiger partial charge in [0.25, 0.3) is 0 Å². The highest BCUT2D eigenvalue weighted by Gasteiger charge is 1.90. The third-order valence-electron chi connectivity index (χ3n) is 0.979. The first kappa shape index (κ1) is 9.17. The summed E-state index contributed by atoms with van der Waals surface area (Å²) in [5, 5.41) is 6.56. The lowest BCUT2D eigenvalue weighted by atomic mass is 10.2. The average Bonchev–Trinajstić information content (AvgIpc) is 1.86. The summed E-state index contributed by atoms with van der Waals surface area (Å²) < 4.78 is 0. The summed E-state index contributed by atoms with van der Waals surface area (Å²) in [7, 11) is 1.87. The third kappa shape index (κ3) is 4.09. The molecule has 0 radical (unpaired) electrons. The van der Waals surface area contributed by atoms with E-state index in [1.54, 1.807) is 0 Å². The molecule has 0 saturated carbocycles. The van der Waals surface area contributed by atoms with Crippen molar-refractivity contribution in [1.29, 1.82) is 0 Å². The molecule has 3 heteroatoms. The van der Waals surface area contributed by atoms with Crippen molar-refractivity contribution < 1.29 is 0 Å². The van der Waals surface area contributed by atoms with Crippen LogP contribution in [0.15, 0.2) is 16.8 Å². The Morgan fingerprint density at radius 3 is 2.50 bits per heavy atom. The normalized spacial score (nSPS) is 11.3. The summed E-state index contributed by atoms with van der Waals surface area (Å²) in [6.07, 6.45) is 1.95. The Labute approximate surface area is 62.0 Å². The monoisotopic (exact) mass is 141 g/mol. The van der Waals surface area contributed by atoms with Crippen LogP contribution in [0.5, 0.6) is 0 Å². The van der Waals surface area contributed by atoms with E-state index in [0.717, 1.165) is 12.3 Å². The SMILES string of the molecule is CNC/C(C=C(C)C)=N/N. The van der Waals surface area contributed by atoms with Gasteiger partial charge in [0.05, 0.1) is 5.71 Å². The number of rotatable bonds is 3. The van der Waals surface area contributed by atoms with E-state index < -0.39 is 0 Å². The molecule has 0 aliphatic rings. The van der Waals surface area contributed by atoms with Gasteiger partial charge < -0.3 is 11.2 Å². The molecule has 0 aromatic rings. The number of hydrogen-bond donors (Lipinski definition) is 2. The van der Waals surface area contributed by atoms with Crippen LogP contribution in [0, 0.1) is 0 Å². The van der Waals surface area contributed by atoms with Gasteiger partial charge in [0.2, 0.25) is 0 Å². The summed E-state index contributed by atoms with van der Waals surface area (Å²) in [6.45, 7) is 4.75. The van der Waals surface area contributed by atoms with Gasteiger partial charge in [-0.2, -0.15) is 5.10 Å². The van der Waals surface area contributed by atoms with E-state index in [1.807, 2.05) is 27.0 Å². The summed E-state index contributed by atoms with van der Waals surface area (Å²) >= 11 is 0. The molecule has 10 heavy (non-hydrogen) atoms. The number of nitrogens with two attached hydrogens (primary N) is 1. The molecule has 0 amide bonds. The van der Waals surface area contributed by atoms with Gasteiger partial charge in [-0.1, -0.05) is 5.57 Å². The number of hydrogen-bond acceptors (Lipinski definition) is 3. The molecule has 0 heterocycles. The zero-order valence-electron chi connectivity index (χ0n) is 6.81. The molecular weight excluding hydrogens is 126 g/mol. The molecular formula is C7H15N3. The van der Waals surface area contributed by atoms with Crippen LogP contribution >= 0.6 is 0 Å². The number of allylic oxidation sites excluding steroid dienone is 1. The first-order chi connectivity index (χ1) is 4.70.